The van der Waals surface area contributed by atoms with Gasteiger partial charge in [0, 0.05) is 18.9 Å². The molecule has 17 heavy (non-hydrogen) atoms. The number of rotatable bonds is 8. The Bertz CT molecular complexity index is 320. The fraction of sp³-hybridized carbons (Fsp3) is 0.667. The van der Waals surface area contributed by atoms with E-state index in [9.17, 15) is 0 Å². The molecule has 96 valence electrons. The van der Waals surface area contributed by atoms with Crippen LogP contribution >= 0.6 is 11.8 Å². The van der Waals surface area contributed by atoms with Gasteiger partial charge in [0.2, 0.25) is 5.88 Å². The van der Waals surface area contributed by atoms with Gasteiger partial charge < -0.3 is 9.64 Å². The van der Waals surface area contributed by atoms with Gasteiger partial charge >= 0.3 is 0 Å². The number of hydrogen-bond acceptors (Lipinski definition) is 5. The highest BCUT2D eigenvalue weighted by Crippen LogP contribution is 2.24. The molecule has 0 spiro atoms. The van der Waals surface area contributed by atoms with E-state index in [2.05, 4.69) is 21.8 Å². The summed E-state index contributed by atoms with van der Waals surface area (Å²) in [6.07, 6.45) is 5.78. The van der Waals surface area contributed by atoms with Crippen molar-refractivity contribution in [3.05, 3.63) is 12.4 Å². The molecule has 1 rings (SSSR count). The number of thioether (sulfide) groups is 1. The molecule has 1 aromatic rings. The van der Waals surface area contributed by atoms with Crippen molar-refractivity contribution in [1.29, 1.82) is 0 Å². The minimum atomic E-state index is 0.646. The van der Waals surface area contributed by atoms with Crippen molar-refractivity contribution in [2.45, 2.75) is 24.8 Å². The zero-order chi connectivity index (χ0) is 12.5. The summed E-state index contributed by atoms with van der Waals surface area (Å²) < 4.78 is 5.64. The van der Waals surface area contributed by atoms with Crippen molar-refractivity contribution < 1.29 is 4.74 Å². The van der Waals surface area contributed by atoms with Crippen molar-refractivity contribution in [2.24, 2.45) is 0 Å². The van der Waals surface area contributed by atoms with Crippen LogP contribution in [0.3, 0.4) is 0 Å². The maximum atomic E-state index is 5.64. The van der Waals surface area contributed by atoms with Gasteiger partial charge in [0.25, 0.3) is 0 Å². The van der Waals surface area contributed by atoms with Crippen LogP contribution in [-0.2, 0) is 0 Å². The zero-order valence-electron chi connectivity index (χ0n) is 10.8. The summed E-state index contributed by atoms with van der Waals surface area (Å²) in [5.74, 6) is 1.73. The normalized spacial score (nSPS) is 10.8. The Labute approximate surface area is 108 Å². The quantitative estimate of drug-likeness (QED) is 0.526. The molecule has 1 aromatic heterocycles. The molecule has 0 aliphatic rings. The standard InChI is InChI=1S/C12H21N3OS/c1-4-5-10-17-12-11(13-6-7-14-12)16-9-8-15(2)3/h6-7H,4-5,8-10H2,1-3H3. The average Bonchev–Trinajstić information content (AvgIpc) is 2.31. The SMILES string of the molecule is CCCCSc1nccnc1OCCN(C)C. The Morgan fingerprint density at radius 1 is 1.29 bits per heavy atom. The molecule has 0 bridgehead atoms. The van der Waals surface area contributed by atoms with Crippen LogP contribution in [-0.4, -0.2) is 47.9 Å². The van der Waals surface area contributed by atoms with E-state index in [-0.39, 0.29) is 0 Å². The number of hydrogen-bond donors (Lipinski definition) is 0. The Morgan fingerprint density at radius 3 is 2.76 bits per heavy atom. The molecule has 0 aromatic carbocycles. The Kier molecular flexibility index (Phi) is 6.96. The average molecular weight is 255 g/mol. The summed E-state index contributed by atoms with van der Waals surface area (Å²) in [4.78, 5) is 10.6. The minimum absolute atomic E-state index is 0.646. The summed E-state index contributed by atoms with van der Waals surface area (Å²) in [7, 11) is 4.05. The smallest absolute Gasteiger partial charge is 0.246 e. The van der Waals surface area contributed by atoms with Gasteiger partial charge in [-0.25, -0.2) is 9.97 Å². The largest absolute Gasteiger partial charge is 0.474 e. The van der Waals surface area contributed by atoms with E-state index in [0.29, 0.717) is 12.5 Å². The van der Waals surface area contributed by atoms with Crippen LogP contribution in [0.5, 0.6) is 5.88 Å². The summed E-state index contributed by atoms with van der Waals surface area (Å²) in [6.45, 7) is 3.72. The van der Waals surface area contributed by atoms with Gasteiger partial charge in [-0.15, -0.1) is 11.8 Å². The predicted molar refractivity (Wildman–Crippen MR) is 71.7 cm³/mol. The van der Waals surface area contributed by atoms with Crippen LogP contribution in [0.2, 0.25) is 0 Å². The topological polar surface area (TPSA) is 38.3 Å². The van der Waals surface area contributed by atoms with Gasteiger partial charge in [-0.2, -0.15) is 0 Å². The monoisotopic (exact) mass is 255 g/mol. The van der Waals surface area contributed by atoms with Gasteiger partial charge in [-0.3, -0.25) is 0 Å². The molecule has 0 saturated heterocycles. The van der Waals surface area contributed by atoms with E-state index in [1.165, 1.54) is 12.8 Å². The van der Waals surface area contributed by atoms with Crippen molar-refractivity contribution in [3.63, 3.8) is 0 Å². The van der Waals surface area contributed by atoms with Gasteiger partial charge in [0.15, 0.2) is 5.03 Å². The van der Waals surface area contributed by atoms with E-state index >= 15 is 0 Å². The third-order valence-electron chi connectivity index (χ3n) is 2.15. The Balaban J connectivity index is 2.46. The number of ether oxygens (including phenoxy) is 1. The zero-order valence-corrected chi connectivity index (χ0v) is 11.7. The lowest BCUT2D eigenvalue weighted by molar-refractivity contribution is 0.247. The Morgan fingerprint density at radius 2 is 2.06 bits per heavy atom. The van der Waals surface area contributed by atoms with E-state index in [0.717, 1.165) is 17.3 Å². The van der Waals surface area contributed by atoms with Gasteiger partial charge in [-0.05, 0) is 26.3 Å². The Hall–Kier alpha value is -0.810. The first-order chi connectivity index (χ1) is 8.24. The summed E-state index contributed by atoms with van der Waals surface area (Å²) >= 11 is 1.72. The van der Waals surface area contributed by atoms with Crippen molar-refractivity contribution >= 4 is 11.8 Å². The fourth-order valence-electron chi connectivity index (χ4n) is 1.15. The molecule has 0 N–H and O–H groups in total. The molecular formula is C12H21N3OS. The van der Waals surface area contributed by atoms with Gasteiger partial charge in [0.1, 0.15) is 6.61 Å². The molecule has 0 unspecified atom stereocenters. The molecule has 0 amide bonds. The second-order valence-electron chi connectivity index (χ2n) is 4.02. The van der Waals surface area contributed by atoms with Gasteiger partial charge in [0.05, 0.1) is 0 Å². The molecule has 5 heteroatoms. The molecule has 0 fully saturated rings. The molecule has 1 heterocycles. The lowest BCUT2D eigenvalue weighted by Gasteiger charge is -2.11. The second-order valence-corrected chi connectivity index (χ2v) is 5.10. The highest BCUT2D eigenvalue weighted by atomic mass is 32.2. The van der Waals surface area contributed by atoms with Crippen LogP contribution in [0.1, 0.15) is 19.8 Å². The summed E-state index contributed by atoms with van der Waals surface area (Å²) in [5, 5.41) is 0.903. The highest BCUT2D eigenvalue weighted by Gasteiger charge is 2.06. The number of likely N-dealkylation sites (N-methyl/N-ethyl adjacent to an activating group) is 1. The summed E-state index contributed by atoms with van der Waals surface area (Å²) in [5.41, 5.74) is 0. The maximum absolute atomic E-state index is 5.64. The van der Waals surface area contributed by atoms with Gasteiger partial charge in [-0.1, -0.05) is 13.3 Å². The highest BCUT2D eigenvalue weighted by molar-refractivity contribution is 7.99. The maximum Gasteiger partial charge on any atom is 0.246 e. The first-order valence-corrected chi connectivity index (χ1v) is 6.94. The molecular weight excluding hydrogens is 234 g/mol. The predicted octanol–water partition coefficient (Wildman–Crippen LogP) is 2.31. The molecule has 0 aliphatic carbocycles. The van der Waals surface area contributed by atoms with Crippen molar-refractivity contribution in [1.82, 2.24) is 14.9 Å². The van der Waals surface area contributed by atoms with Crippen molar-refractivity contribution in [2.75, 3.05) is 33.0 Å². The van der Waals surface area contributed by atoms with Crippen molar-refractivity contribution in [3.8, 4) is 5.88 Å². The second kappa shape index (κ2) is 8.31. The van der Waals surface area contributed by atoms with Crippen LogP contribution in [0.15, 0.2) is 17.4 Å². The van der Waals surface area contributed by atoms with Crippen LogP contribution in [0.25, 0.3) is 0 Å². The number of nitrogens with zero attached hydrogens (tertiary/aromatic N) is 3. The molecule has 4 nitrogen and oxygen atoms in total. The van der Waals surface area contributed by atoms with E-state index < -0.39 is 0 Å². The molecule has 0 radical (unpaired) electrons. The number of aromatic nitrogens is 2. The van der Waals surface area contributed by atoms with Crippen LogP contribution < -0.4 is 4.74 Å². The lowest BCUT2D eigenvalue weighted by atomic mass is 10.4. The number of unbranched alkanes of at least 4 members (excludes halogenated alkanes) is 1. The molecule has 0 atom stereocenters. The lowest BCUT2D eigenvalue weighted by Crippen LogP contribution is -2.20. The molecule has 0 aliphatic heterocycles. The van der Waals surface area contributed by atoms with Crippen LogP contribution in [0.4, 0.5) is 0 Å². The first-order valence-electron chi connectivity index (χ1n) is 5.95. The minimum Gasteiger partial charge on any atom is -0.474 e. The van der Waals surface area contributed by atoms with E-state index in [4.69, 9.17) is 4.74 Å². The first kappa shape index (κ1) is 14.3. The van der Waals surface area contributed by atoms with Crippen LogP contribution in [0, 0.1) is 0 Å². The van der Waals surface area contributed by atoms with E-state index in [1.54, 1.807) is 24.2 Å². The third-order valence-corrected chi connectivity index (χ3v) is 3.19. The van der Waals surface area contributed by atoms with E-state index in [1.807, 2.05) is 14.1 Å². The fourth-order valence-corrected chi connectivity index (χ4v) is 2.15. The molecule has 0 saturated carbocycles. The third kappa shape index (κ3) is 5.89. The summed E-state index contributed by atoms with van der Waals surface area (Å²) in [6, 6.07) is 0.